The summed E-state index contributed by atoms with van der Waals surface area (Å²) in [5.74, 6) is -0.445. The van der Waals surface area contributed by atoms with Crippen molar-refractivity contribution in [2.24, 2.45) is 5.10 Å². The molecule has 0 saturated carbocycles. The number of hydrazone groups is 1. The molecule has 2 aliphatic heterocycles. The van der Waals surface area contributed by atoms with Crippen LogP contribution in [0.4, 0.5) is 0 Å². The van der Waals surface area contributed by atoms with E-state index in [1.54, 1.807) is 0 Å². The maximum atomic E-state index is 12.3. The number of sulfone groups is 1. The van der Waals surface area contributed by atoms with Gasteiger partial charge >= 0.3 is 0 Å². The van der Waals surface area contributed by atoms with E-state index in [-0.39, 0.29) is 29.7 Å². The molecule has 0 aromatic carbocycles. The second-order valence-electron chi connectivity index (χ2n) is 6.96. The van der Waals surface area contributed by atoms with Crippen LogP contribution in [0.3, 0.4) is 0 Å². The van der Waals surface area contributed by atoms with Crippen LogP contribution in [0, 0.1) is 0 Å². The van der Waals surface area contributed by atoms with Gasteiger partial charge in [-0.25, -0.2) is 13.4 Å². The van der Waals surface area contributed by atoms with Crippen molar-refractivity contribution in [3.8, 4) is 0 Å². The predicted octanol–water partition coefficient (Wildman–Crippen LogP) is 1.16. The summed E-state index contributed by atoms with van der Waals surface area (Å²) in [7, 11) is -3.10. The number of nitrogens with zero attached hydrogens (tertiary/aromatic N) is 2. The minimum absolute atomic E-state index is 0.0642. The summed E-state index contributed by atoms with van der Waals surface area (Å²) in [5.41, 5.74) is 1.71. The zero-order valence-corrected chi connectivity index (χ0v) is 15.2. The van der Waals surface area contributed by atoms with Crippen molar-refractivity contribution in [1.82, 2.24) is 10.3 Å². The Morgan fingerprint density at radius 1 is 1.28 bits per heavy atom. The second kappa shape index (κ2) is 7.68. The van der Waals surface area contributed by atoms with E-state index in [4.69, 9.17) is 0 Å². The van der Waals surface area contributed by atoms with Crippen LogP contribution in [-0.4, -0.2) is 55.0 Å². The number of carbonyl (C=O) groups is 2. The molecule has 1 saturated heterocycles. The van der Waals surface area contributed by atoms with E-state index in [0.29, 0.717) is 25.1 Å². The molecule has 138 valence electrons. The third-order valence-corrected chi connectivity index (χ3v) is 6.74. The molecular weight excluding hydrogens is 342 g/mol. The van der Waals surface area contributed by atoms with Crippen LogP contribution in [-0.2, 0) is 19.4 Å². The summed E-state index contributed by atoms with van der Waals surface area (Å²) >= 11 is 0. The normalized spacial score (nSPS) is 26.2. The van der Waals surface area contributed by atoms with Gasteiger partial charge in [0, 0.05) is 19.4 Å². The Balaban J connectivity index is 1.57. The molecule has 0 aromatic heterocycles. The number of amides is 2. The molecule has 1 atom stereocenters. The summed E-state index contributed by atoms with van der Waals surface area (Å²) in [5, 5.41) is 8.29. The Labute approximate surface area is 148 Å². The topological polar surface area (TPSA) is 95.9 Å². The molecular formula is C17H25N3O4S. The monoisotopic (exact) mass is 367 g/mol. The third-order valence-electron chi connectivity index (χ3n) is 4.99. The molecule has 0 aromatic rings. The van der Waals surface area contributed by atoms with Crippen molar-refractivity contribution in [2.75, 3.05) is 18.1 Å². The molecule has 0 spiro atoms. The van der Waals surface area contributed by atoms with Gasteiger partial charge in [-0.1, -0.05) is 11.6 Å². The van der Waals surface area contributed by atoms with Gasteiger partial charge in [0.2, 0.25) is 5.91 Å². The molecule has 1 aliphatic carbocycles. The zero-order chi connectivity index (χ0) is 17.9. The molecule has 25 heavy (non-hydrogen) atoms. The fraction of sp³-hybridized carbons (Fsp3) is 0.706. The first-order chi connectivity index (χ1) is 11.9. The fourth-order valence-electron chi connectivity index (χ4n) is 3.56. The summed E-state index contributed by atoms with van der Waals surface area (Å²) in [6, 6.07) is -0.437. The van der Waals surface area contributed by atoms with Gasteiger partial charge in [-0.3, -0.25) is 9.59 Å². The van der Waals surface area contributed by atoms with Gasteiger partial charge in [0.15, 0.2) is 9.84 Å². The lowest BCUT2D eigenvalue weighted by molar-refractivity contribution is -0.133. The summed E-state index contributed by atoms with van der Waals surface area (Å²) in [6.07, 6.45) is 8.70. The standard InChI is InChI=1S/C17H25N3O4S/c21-16-7-6-15(19-20(16)14-9-11-25(23,24)12-14)17(22)18-10-8-13-4-2-1-3-5-13/h4,14H,1-3,5-12H2,(H,18,22)/t14-/m1/s1. The molecule has 0 bridgehead atoms. The van der Waals surface area contributed by atoms with Crippen LogP contribution in [0.25, 0.3) is 0 Å². The smallest absolute Gasteiger partial charge is 0.267 e. The third kappa shape index (κ3) is 4.68. The second-order valence-corrected chi connectivity index (χ2v) is 9.18. The number of hydrogen-bond acceptors (Lipinski definition) is 5. The molecule has 1 fully saturated rings. The molecule has 0 radical (unpaired) electrons. The minimum Gasteiger partial charge on any atom is -0.351 e. The molecule has 8 heteroatoms. The van der Waals surface area contributed by atoms with E-state index < -0.39 is 15.9 Å². The van der Waals surface area contributed by atoms with Gasteiger partial charge in [0.05, 0.1) is 17.5 Å². The van der Waals surface area contributed by atoms with E-state index in [9.17, 15) is 18.0 Å². The molecule has 2 heterocycles. The summed E-state index contributed by atoms with van der Waals surface area (Å²) < 4.78 is 23.3. The Morgan fingerprint density at radius 2 is 2.12 bits per heavy atom. The van der Waals surface area contributed by atoms with Crippen molar-refractivity contribution in [3.63, 3.8) is 0 Å². The number of hydrogen-bond donors (Lipinski definition) is 1. The number of carbonyl (C=O) groups excluding carboxylic acids is 2. The Bertz CT molecular complexity index is 711. The van der Waals surface area contributed by atoms with Gasteiger partial charge in [0.1, 0.15) is 5.71 Å². The van der Waals surface area contributed by atoms with Crippen molar-refractivity contribution >= 4 is 27.4 Å². The van der Waals surface area contributed by atoms with Crippen LogP contribution >= 0.6 is 0 Å². The lowest BCUT2D eigenvalue weighted by Gasteiger charge is -2.27. The zero-order valence-electron chi connectivity index (χ0n) is 14.4. The Morgan fingerprint density at radius 3 is 2.80 bits per heavy atom. The summed E-state index contributed by atoms with van der Waals surface area (Å²) in [4.78, 5) is 24.4. The number of rotatable bonds is 5. The van der Waals surface area contributed by atoms with Crippen molar-refractivity contribution in [2.45, 2.75) is 57.4 Å². The van der Waals surface area contributed by atoms with Crippen molar-refractivity contribution in [1.29, 1.82) is 0 Å². The maximum Gasteiger partial charge on any atom is 0.267 e. The van der Waals surface area contributed by atoms with Crippen LogP contribution in [0.15, 0.2) is 16.8 Å². The number of nitrogens with one attached hydrogen (secondary N) is 1. The highest BCUT2D eigenvalue weighted by molar-refractivity contribution is 7.91. The van der Waals surface area contributed by atoms with E-state index >= 15 is 0 Å². The molecule has 0 unspecified atom stereocenters. The van der Waals surface area contributed by atoms with Gasteiger partial charge in [-0.2, -0.15) is 5.10 Å². The highest BCUT2D eigenvalue weighted by Gasteiger charge is 2.37. The van der Waals surface area contributed by atoms with E-state index in [0.717, 1.165) is 19.3 Å². The first-order valence-electron chi connectivity index (χ1n) is 9.01. The van der Waals surface area contributed by atoms with Crippen LogP contribution in [0.2, 0.25) is 0 Å². The molecule has 2 amide bonds. The van der Waals surface area contributed by atoms with E-state index in [2.05, 4.69) is 16.5 Å². The highest BCUT2D eigenvalue weighted by Crippen LogP contribution is 2.22. The lowest BCUT2D eigenvalue weighted by Crippen LogP contribution is -2.44. The minimum atomic E-state index is -3.10. The predicted molar refractivity (Wildman–Crippen MR) is 94.8 cm³/mol. The van der Waals surface area contributed by atoms with Gasteiger partial charge in [0.25, 0.3) is 5.91 Å². The average Bonchev–Trinajstić information content (AvgIpc) is 2.96. The van der Waals surface area contributed by atoms with Crippen LogP contribution in [0.5, 0.6) is 0 Å². The Kier molecular flexibility index (Phi) is 5.56. The molecule has 1 N–H and O–H groups in total. The number of allylic oxidation sites excluding steroid dienone is 1. The van der Waals surface area contributed by atoms with Crippen molar-refractivity contribution < 1.29 is 18.0 Å². The van der Waals surface area contributed by atoms with E-state index in [1.807, 2.05) is 0 Å². The van der Waals surface area contributed by atoms with Crippen LogP contribution in [0.1, 0.15) is 51.4 Å². The largest absolute Gasteiger partial charge is 0.351 e. The fourth-order valence-corrected chi connectivity index (χ4v) is 5.25. The van der Waals surface area contributed by atoms with Crippen LogP contribution < -0.4 is 5.32 Å². The average molecular weight is 367 g/mol. The van der Waals surface area contributed by atoms with E-state index in [1.165, 1.54) is 23.4 Å². The van der Waals surface area contributed by atoms with Crippen molar-refractivity contribution in [3.05, 3.63) is 11.6 Å². The highest BCUT2D eigenvalue weighted by atomic mass is 32.2. The first kappa shape index (κ1) is 18.1. The lowest BCUT2D eigenvalue weighted by atomic mass is 9.97. The molecule has 7 nitrogen and oxygen atoms in total. The van der Waals surface area contributed by atoms with Gasteiger partial charge in [-0.05, 0) is 38.5 Å². The van der Waals surface area contributed by atoms with Gasteiger partial charge < -0.3 is 5.32 Å². The molecule has 3 aliphatic rings. The summed E-state index contributed by atoms with van der Waals surface area (Å²) in [6.45, 7) is 0.565. The maximum absolute atomic E-state index is 12.3. The van der Waals surface area contributed by atoms with Gasteiger partial charge in [-0.15, -0.1) is 0 Å². The Hall–Kier alpha value is -1.70. The quantitative estimate of drug-likeness (QED) is 0.738. The SMILES string of the molecule is O=C(NCCC1=CCCCC1)C1=NN([C@@H]2CCS(=O)(=O)C2)C(=O)CC1. The first-order valence-corrected chi connectivity index (χ1v) is 10.8. The molecule has 3 rings (SSSR count).